The Morgan fingerprint density at radius 3 is 2.95 bits per heavy atom. The van der Waals surface area contributed by atoms with Gasteiger partial charge in [-0.15, -0.1) is 0 Å². The van der Waals surface area contributed by atoms with E-state index >= 15 is 0 Å². The van der Waals surface area contributed by atoms with Gasteiger partial charge in [0.1, 0.15) is 0 Å². The van der Waals surface area contributed by atoms with Crippen molar-refractivity contribution < 1.29 is 4.79 Å². The van der Waals surface area contributed by atoms with Gasteiger partial charge in [-0.3, -0.25) is 4.79 Å². The molecule has 3 nitrogen and oxygen atoms in total. The average Bonchev–Trinajstić information content (AvgIpc) is 3.37. The van der Waals surface area contributed by atoms with E-state index in [1.165, 1.54) is 36.8 Å². The Morgan fingerprint density at radius 1 is 1.35 bits per heavy atom. The number of nitrogens with one attached hydrogen (secondary N) is 2. The summed E-state index contributed by atoms with van der Waals surface area (Å²) in [6.07, 6.45) is 6.35. The van der Waals surface area contributed by atoms with Crippen LogP contribution in [0.15, 0.2) is 18.2 Å². The Hall–Kier alpha value is -1.35. The number of hydrogen-bond acceptors (Lipinski definition) is 2. The molecular weight excluding hydrogens is 248 g/mol. The summed E-state index contributed by atoms with van der Waals surface area (Å²) in [6, 6.07) is 6.12. The SMILES string of the molecule is O=C(NCC1(C2CC2)CC1)c1cccc2c1CCNC2. The van der Waals surface area contributed by atoms with Crippen molar-refractivity contribution in [2.75, 3.05) is 13.1 Å². The van der Waals surface area contributed by atoms with Crippen molar-refractivity contribution in [1.82, 2.24) is 10.6 Å². The highest BCUT2D eigenvalue weighted by molar-refractivity contribution is 5.96. The molecule has 0 saturated heterocycles. The molecule has 0 radical (unpaired) electrons. The Bertz CT molecular complexity index is 544. The van der Waals surface area contributed by atoms with Gasteiger partial charge in [-0.2, -0.15) is 0 Å². The molecule has 1 aromatic carbocycles. The molecule has 3 heteroatoms. The van der Waals surface area contributed by atoms with Gasteiger partial charge >= 0.3 is 0 Å². The number of carbonyl (C=O) groups is 1. The van der Waals surface area contributed by atoms with E-state index in [9.17, 15) is 4.79 Å². The van der Waals surface area contributed by atoms with Crippen LogP contribution >= 0.6 is 0 Å². The van der Waals surface area contributed by atoms with Crippen molar-refractivity contribution in [3.8, 4) is 0 Å². The fraction of sp³-hybridized carbons (Fsp3) is 0.588. The van der Waals surface area contributed by atoms with Gasteiger partial charge in [0.2, 0.25) is 0 Å². The van der Waals surface area contributed by atoms with Gasteiger partial charge in [-0.05, 0) is 67.2 Å². The third-order valence-electron chi connectivity index (χ3n) is 5.32. The van der Waals surface area contributed by atoms with E-state index in [2.05, 4.69) is 16.7 Å². The average molecular weight is 270 g/mol. The molecule has 0 atom stereocenters. The molecule has 1 aliphatic heterocycles. The highest BCUT2D eigenvalue weighted by atomic mass is 16.1. The quantitative estimate of drug-likeness (QED) is 0.881. The fourth-order valence-electron chi connectivity index (χ4n) is 3.68. The second-order valence-electron chi connectivity index (χ2n) is 6.69. The minimum Gasteiger partial charge on any atom is -0.351 e. The normalized spacial score (nSPS) is 23.0. The van der Waals surface area contributed by atoms with Crippen LogP contribution in [0, 0.1) is 11.3 Å². The van der Waals surface area contributed by atoms with E-state index in [0.29, 0.717) is 5.41 Å². The minimum absolute atomic E-state index is 0.135. The second kappa shape index (κ2) is 4.59. The van der Waals surface area contributed by atoms with Crippen molar-refractivity contribution in [2.24, 2.45) is 11.3 Å². The van der Waals surface area contributed by atoms with Crippen molar-refractivity contribution in [1.29, 1.82) is 0 Å². The van der Waals surface area contributed by atoms with Gasteiger partial charge in [0.15, 0.2) is 0 Å². The van der Waals surface area contributed by atoms with Gasteiger partial charge in [0.05, 0.1) is 0 Å². The van der Waals surface area contributed by atoms with Crippen LogP contribution in [-0.4, -0.2) is 19.0 Å². The maximum Gasteiger partial charge on any atom is 0.251 e. The van der Waals surface area contributed by atoms with Crippen molar-refractivity contribution in [3.05, 3.63) is 34.9 Å². The van der Waals surface area contributed by atoms with Crippen LogP contribution in [0.5, 0.6) is 0 Å². The van der Waals surface area contributed by atoms with Crippen LogP contribution in [0.3, 0.4) is 0 Å². The zero-order valence-electron chi connectivity index (χ0n) is 11.9. The number of benzene rings is 1. The molecule has 3 aliphatic rings. The highest BCUT2D eigenvalue weighted by Gasteiger charge is 2.53. The van der Waals surface area contributed by atoms with Gasteiger partial charge in [0.25, 0.3) is 5.91 Å². The first kappa shape index (κ1) is 12.4. The van der Waals surface area contributed by atoms with Gasteiger partial charge in [0, 0.05) is 18.7 Å². The Morgan fingerprint density at radius 2 is 2.20 bits per heavy atom. The summed E-state index contributed by atoms with van der Waals surface area (Å²) in [4.78, 5) is 12.5. The minimum atomic E-state index is 0.135. The van der Waals surface area contributed by atoms with Crippen LogP contribution in [0.25, 0.3) is 0 Å². The first-order chi connectivity index (χ1) is 9.78. The van der Waals surface area contributed by atoms with E-state index in [4.69, 9.17) is 0 Å². The first-order valence-corrected chi connectivity index (χ1v) is 7.88. The number of amides is 1. The number of carbonyl (C=O) groups excluding carboxylic acids is 1. The third-order valence-corrected chi connectivity index (χ3v) is 5.32. The summed E-state index contributed by atoms with van der Waals surface area (Å²) in [5.74, 6) is 1.03. The van der Waals surface area contributed by atoms with E-state index < -0.39 is 0 Å². The van der Waals surface area contributed by atoms with Crippen LogP contribution in [0.4, 0.5) is 0 Å². The summed E-state index contributed by atoms with van der Waals surface area (Å²) in [5, 5.41) is 6.58. The van der Waals surface area contributed by atoms with Crippen LogP contribution < -0.4 is 10.6 Å². The van der Waals surface area contributed by atoms with Gasteiger partial charge in [-0.1, -0.05) is 12.1 Å². The number of rotatable bonds is 4. The van der Waals surface area contributed by atoms with Crippen molar-refractivity contribution in [2.45, 2.75) is 38.6 Å². The molecule has 4 rings (SSSR count). The van der Waals surface area contributed by atoms with E-state index in [-0.39, 0.29) is 5.91 Å². The molecule has 2 saturated carbocycles. The Labute approximate surface area is 120 Å². The van der Waals surface area contributed by atoms with Crippen LogP contribution in [-0.2, 0) is 13.0 Å². The lowest BCUT2D eigenvalue weighted by molar-refractivity contribution is 0.0941. The van der Waals surface area contributed by atoms with E-state index in [1.807, 2.05) is 12.1 Å². The lowest BCUT2D eigenvalue weighted by Gasteiger charge is -2.21. The molecule has 2 N–H and O–H groups in total. The second-order valence-corrected chi connectivity index (χ2v) is 6.69. The molecule has 0 unspecified atom stereocenters. The van der Waals surface area contributed by atoms with E-state index in [1.54, 1.807) is 0 Å². The molecule has 1 aromatic rings. The molecule has 1 amide bonds. The standard InChI is InChI=1S/C17H22N2O/c20-16(19-11-17(7-8-17)13-4-5-13)15-3-1-2-12-10-18-9-6-14(12)15/h1-3,13,18H,4-11H2,(H,19,20). The number of hydrogen-bond donors (Lipinski definition) is 2. The summed E-state index contributed by atoms with van der Waals surface area (Å²) in [6.45, 7) is 2.75. The van der Waals surface area contributed by atoms with Crippen molar-refractivity contribution >= 4 is 5.91 Å². The first-order valence-electron chi connectivity index (χ1n) is 7.88. The molecule has 2 aliphatic carbocycles. The third kappa shape index (κ3) is 2.14. The zero-order valence-corrected chi connectivity index (χ0v) is 11.9. The molecule has 0 spiro atoms. The fourth-order valence-corrected chi connectivity index (χ4v) is 3.68. The molecule has 106 valence electrons. The zero-order chi connectivity index (χ0) is 13.6. The molecule has 0 bridgehead atoms. The Kier molecular flexibility index (Phi) is 2.84. The van der Waals surface area contributed by atoms with Crippen molar-refractivity contribution in [3.63, 3.8) is 0 Å². The maximum absolute atomic E-state index is 12.5. The molecule has 1 heterocycles. The number of fused-ring (bicyclic) bond motifs is 1. The molecule has 2 fully saturated rings. The Balaban J connectivity index is 1.48. The van der Waals surface area contributed by atoms with Gasteiger partial charge in [-0.25, -0.2) is 0 Å². The molecule has 20 heavy (non-hydrogen) atoms. The highest BCUT2D eigenvalue weighted by Crippen LogP contribution is 2.60. The van der Waals surface area contributed by atoms with Crippen LogP contribution in [0.2, 0.25) is 0 Å². The van der Waals surface area contributed by atoms with Gasteiger partial charge < -0.3 is 10.6 Å². The topological polar surface area (TPSA) is 41.1 Å². The monoisotopic (exact) mass is 270 g/mol. The molecular formula is C17H22N2O. The van der Waals surface area contributed by atoms with Crippen LogP contribution in [0.1, 0.15) is 47.2 Å². The smallest absolute Gasteiger partial charge is 0.251 e. The summed E-state index contributed by atoms with van der Waals surface area (Å²) in [5.41, 5.74) is 3.91. The summed E-state index contributed by atoms with van der Waals surface area (Å²) < 4.78 is 0. The maximum atomic E-state index is 12.5. The lowest BCUT2D eigenvalue weighted by atomic mass is 9.94. The lowest BCUT2D eigenvalue weighted by Crippen LogP contribution is -2.33. The largest absolute Gasteiger partial charge is 0.351 e. The predicted molar refractivity (Wildman–Crippen MR) is 78.6 cm³/mol. The summed E-state index contributed by atoms with van der Waals surface area (Å²) in [7, 11) is 0. The summed E-state index contributed by atoms with van der Waals surface area (Å²) >= 11 is 0. The predicted octanol–water partition coefficient (Wildman–Crippen LogP) is 2.25. The van der Waals surface area contributed by atoms with E-state index in [0.717, 1.165) is 37.5 Å². The molecule has 0 aromatic heterocycles.